The molecule has 0 radical (unpaired) electrons. The zero-order chi connectivity index (χ0) is 20.8. The summed E-state index contributed by atoms with van der Waals surface area (Å²) in [5.74, 6) is 0.126. The van der Waals surface area contributed by atoms with Crippen molar-refractivity contribution in [2.75, 3.05) is 51.8 Å². The fourth-order valence-corrected chi connectivity index (χ4v) is 3.56. The molecule has 2 N–H and O–H groups in total. The third-order valence-corrected chi connectivity index (χ3v) is 5.50. The van der Waals surface area contributed by atoms with E-state index in [0.717, 1.165) is 38.1 Å². The van der Waals surface area contributed by atoms with Gasteiger partial charge in [-0.15, -0.1) is 24.0 Å². The molecule has 10 heteroatoms. The number of hydrogen-bond acceptors (Lipinski definition) is 4. The highest BCUT2D eigenvalue weighted by Crippen LogP contribution is 2.25. The Labute approximate surface area is 199 Å². The second kappa shape index (κ2) is 11.9. The average molecular weight is 554 g/mol. The van der Waals surface area contributed by atoms with Crippen LogP contribution in [0.15, 0.2) is 23.2 Å². The number of carbonyl (C=O) groups excluding carboxylic acids is 1. The Kier molecular flexibility index (Phi) is 9.89. The fraction of sp³-hybridized carbons (Fsp3) is 0.600. The zero-order valence-electron chi connectivity index (χ0n) is 17.4. The molecule has 0 spiro atoms. The molecular weight excluding hydrogens is 524 g/mol. The van der Waals surface area contributed by atoms with Crippen molar-refractivity contribution in [1.82, 2.24) is 15.5 Å². The first-order valence-corrected chi connectivity index (χ1v) is 10.4. The molecule has 0 aromatic heterocycles. The molecule has 2 heterocycles. The Hall–Kier alpha value is -1.33. The van der Waals surface area contributed by atoms with Crippen LogP contribution >= 0.6 is 35.6 Å². The van der Waals surface area contributed by atoms with E-state index >= 15 is 0 Å². The predicted molar refractivity (Wildman–Crippen MR) is 129 cm³/mol. The van der Waals surface area contributed by atoms with Crippen LogP contribution in [0.2, 0.25) is 5.02 Å². The van der Waals surface area contributed by atoms with Crippen molar-refractivity contribution < 1.29 is 13.9 Å². The van der Waals surface area contributed by atoms with E-state index < -0.39 is 5.82 Å². The molecule has 7 nitrogen and oxygen atoms in total. The lowest BCUT2D eigenvalue weighted by Gasteiger charge is -2.21. The van der Waals surface area contributed by atoms with E-state index in [1.54, 1.807) is 20.2 Å². The molecule has 0 aliphatic carbocycles. The van der Waals surface area contributed by atoms with Crippen molar-refractivity contribution in [3.63, 3.8) is 0 Å². The molecule has 2 aliphatic rings. The Morgan fingerprint density at radius 3 is 2.87 bits per heavy atom. The van der Waals surface area contributed by atoms with Gasteiger partial charge in [0.05, 0.1) is 11.1 Å². The van der Waals surface area contributed by atoms with Crippen LogP contribution in [0, 0.1) is 5.82 Å². The van der Waals surface area contributed by atoms with Crippen LogP contribution < -0.4 is 15.5 Å². The van der Waals surface area contributed by atoms with Crippen LogP contribution in [0.1, 0.15) is 19.3 Å². The highest BCUT2D eigenvalue weighted by atomic mass is 127. The first-order valence-electron chi connectivity index (χ1n) is 9.99. The van der Waals surface area contributed by atoms with E-state index in [1.807, 2.05) is 6.07 Å². The number of aliphatic imine (C=N–C) groups is 1. The fourth-order valence-electron chi connectivity index (χ4n) is 3.44. The summed E-state index contributed by atoms with van der Waals surface area (Å²) in [4.78, 5) is 20.0. The molecule has 0 saturated carbocycles. The lowest BCUT2D eigenvalue weighted by Crippen LogP contribution is -2.47. The van der Waals surface area contributed by atoms with Gasteiger partial charge in [0.25, 0.3) is 0 Å². The number of halogens is 3. The molecule has 2 aliphatic heterocycles. The highest BCUT2D eigenvalue weighted by molar-refractivity contribution is 14.0. The van der Waals surface area contributed by atoms with E-state index in [0.29, 0.717) is 19.0 Å². The number of hydrogen-bond donors (Lipinski definition) is 2. The Morgan fingerprint density at radius 1 is 1.40 bits per heavy atom. The number of nitrogens with one attached hydrogen (secondary N) is 2. The monoisotopic (exact) mass is 553 g/mol. The average Bonchev–Trinajstić information content (AvgIpc) is 3.37. The van der Waals surface area contributed by atoms with E-state index in [1.165, 1.54) is 11.0 Å². The number of nitrogens with zero attached hydrogens (tertiary/aromatic N) is 3. The van der Waals surface area contributed by atoms with Crippen LogP contribution in [0.3, 0.4) is 0 Å². The van der Waals surface area contributed by atoms with Gasteiger partial charge in [-0.2, -0.15) is 0 Å². The first kappa shape index (κ1) is 24.9. The number of benzene rings is 1. The molecule has 2 saturated heterocycles. The Bertz CT molecular complexity index is 746. The second-order valence-corrected chi connectivity index (χ2v) is 8.05. The SMILES string of the molecule is CN(C)C(=O)CN=C(NCC1CCCO1)NC1CCN(c2ccc(Cl)c(F)c2)C1.I. The van der Waals surface area contributed by atoms with Crippen molar-refractivity contribution >= 4 is 53.1 Å². The minimum absolute atomic E-state index is 0. The largest absolute Gasteiger partial charge is 0.376 e. The summed E-state index contributed by atoms with van der Waals surface area (Å²) in [5, 5.41) is 6.84. The molecule has 2 atom stereocenters. The highest BCUT2D eigenvalue weighted by Gasteiger charge is 2.25. The normalized spacial score (nSPS) is 21.3. The van der Waals surface area contributed by atoms with Crippen molar-refractivity contribution in [1.29, 1.82) is 0 Å². The maximum atomic E-state index is 13.8. The van der Waals surface area contributed by atoms with E-state index in [2.05, 4.69) is 20.5 Å². The maximum Gasteiger partial charge on any atom is 0.243 e. The predicted octanol–water partition coefficient (Wildman–Crippen LogP) is 2.48. The number of guanidine groups is 1. The number of anilines is 1. The lowest BCUT2D eigenvalue weighted by atomic mass is 10.2. The standard InChI is InChI=1S/C20H29ClFN5O2.HI/c1-26(2)19(28)12-24-20(23-11-16-4-3-9-29-16)25-14-7-8-27(13-14)15-5-6-17(21)18(22)10-15;/h5-6,10,14,16H,3-4,7-9,11-13H2,1-2H3,(H2,23,24,25);1H. The minimum Gasteiger partial charge on any atom is -0.376 e. The third kappa shape index (κ3) is 7.12. The zero-order valence-corrected chi connectivity index (χ0v) is 20.5. The van der Waals surface area contributed by atoms with Gasteiger partial charge in [0.15, 0.2) is 5.96 Å². The van der Waals surface area contributed by atoms with Gasteiger partial charge in [0, 0.05) is 52.1 Å². The molecule has 30 heavy (non-hydrogen) atoms. The Balaban J connectivity index is 0.00000320. The van der Waals surface area contributed by atoms with Gasteiger partial charge in [0.1, 0.15) is 12.4 Å². The van der Waals surface area contributed by atoms with Gasteiger partial charge >= 0.3 is 0 Å². The molecule has 1 amide bonds. The van der Waals surface area contributed by atoms with Crippen LogP contribution in [-0.4, -0.2) is 75.8 Å². The molecule has 168 valence electrons. The summed E-state index contributed by atoms with van der Waals surface area (Å²) in [5.41, 5.74) is 0.810. The van der Waals surface area contributed by atoms with Crippen LogP contribution in [0.25, 0.3) is 0 Å². The molecule has 2 unspecified atom stereocenters. The van der Waals surface area contributed by atoms with E-state index in [-0.39, 0.29) is 53.6 Å². The third-order valence-electron chi connectivity index (χ3n) is 5.19. The molecule has 1 aromatic carbocycles. The van der Waals surface area contributed by atoms with E-state index in [4.69, 9.17) is 16.3 Å². The topological polar surface area (TPSA) is 69.2 Å². The molecular formula is C20H30ClFIN5O2. The lowest BCUT2D eigenvalue weighted by molar-refractivity contribution is -0.127. The summed E-state index contributed by atoms with van der Waals surface area (Å²) in [6, 6.07) is 5.01. The maximum absolute atomic E-state index is 13.8. The summed E-state index contributed by atoms with van der Waals surface area (Å²) in [7, 11) is 3.43. The van der Waals surface area contributed by atoms with Crippen molar-refractivity contribution in [3.05, 3.63) is 29.0 Å². The van der Waals surface area contributed by atoms with E-state index in [9.17, 15) is 9.18 Å². The Morgan fingerprint density at radius 2 is 2.20 bits per heavy atom. The number of ether oxygens (including phenoxy) is 1. The minimum atomic E-state index is -0.414. The number of carbonyl (C=O) groups is 1. The van der Waals surface area contributed by atoms with Gasteiger partial charge in [0.2, 0.25) is 5.91 Å². The quantitative estimate of drug-likeness (QED) is 0.322. The smallest absolute Gasteiger partial charge is 0.243 e. The number of rotatable bonds is 6. The van der Waals surface area contributed by atoms with Crippen LogP contribution in [-0.2, 0) is 9.53 Å². The summed E-state index contributed by atoms with van der Waals surface area (Å²) >= 11 is 5.78. The van der Waals surface area contributed by atoms with Gasteiger partial charge in [-0.05, 0) is 37.5 Å². The van der Waals surface area contributed by atoms with Crippen molar-refractivity contribution in [2.24, 2.45) is 4.99 Å². The first-order chi connectivity index (χ1) is 13.9. The van der Waals surface area contributed by atoms with Gasteiger partial charge in [-0.1, -0.05) is 11.6 Å². The van der Waals surface area contributed by atoms with Crippen LogP contribution in [0.5, 0.6) is 0 Å². The van der Waals surface area contributed by atoms with Crippen LogP contribution in [0.4, 0.5) is 10.1 Å². The summed E-state index contributed by atoms with van der Waals surface area (Å²) in [6.07, 6.45) is 3.15. The second-order valence-electron chi connectivity index (χ2n) is 7.64. The van der Waals surface area contributed by atoms with Gasteiger partial charge in [-0.25, -0.2) is 9.38 Å². The molecule has 1 aromatic rings. The number of amides is 1. The molecule has 3 rings (SSSR count). The molecule has 2 fully saturated rings. The molecule has 0 bridgehead atoms. The van der Waals surface area contributed by atoms with Crippen molar-refractivity contribution in [3.8, 4) is 0 Å². The summed E-state index contributed by atoms with van der Waals surface area (Å²) in [6.45, 7) is 3.03. The van der Waals surface area contributed by atoms with Gasteiger partial charge in [-0.3, -0.25) is 4.79 Å². The number of likely N-dealkylation sites (N-methyl/N-ethyl adjacent to an activating group) is 1. The van der Waals surface area contributed by atoms with Crippen molar-refractivity contribution in [2.45, 2.75) is 31.4 Å². The van der Waals surface area contributed by atoms with Gasteiger partial charge < -0.3 is 25.2 Å². The summed E-state index contributed by atoms with van der Waals surface area (Å²) < 4.78 is 19.4.